The van der Waals surface area contributed by atoms with E-state index in [0.717, 1.165) is 48.8 Å². The van der Waals surface area contributed by atoms with E-state index in [0.29, 0.717) is 18.3 Å². The smallest absolute Gasteiger partial charge is 0.230 e. The summed E-state index contributed by atoms with van der Waals surface area (Å²) in [5, 5.41) is 12.9. The van der Waals surface area contributed by atoms with Crippen LogP contribution in [0.25, 0.3) is 11.4 Å². The lowest BCUT2D eigenvalue weighted by Crippen LogP contribution is -2.33. The van der Waals surface area contributed by atoms with E-state index in [2.05, 4.69) is 65.1 Å². The molecule has 0 radical (unpaired) electrons. The highest BCUT2D eigenvalue weighted by Gasteiger charge is 2.26. The molecule has 6 nitrogen and oxygen atoms in total. The van der Waals surface area contributed by atoms with Crippen LogP contribution >= 0.6 is 11.8 Å². The van der Waals surface area contributed by atoms with Crippen LogP contribution in [0.4, 0.5) is 0 Å². The van der Waals surface area contributed by atoms with Crippen molar-refractivity contribution in [2.45, 2.75) is 82.0 Å². The largest absolute Gasteiger partial charge is 0.376 e. The second kappa shape index (κ2) is 9.74. The third kappa shape index (κ3) is 5.50. The molecule has 168 valence electrons. The first-order valence-corrected chi connectivity index (χ1v) is 12.5. The summed E-state index contributed by atoms with van der Waals surface area (Å²) >= 11 is 1.48. The summed E-state index contributed by atoms with van der Waals surface area (Å²) in [5.41, 5.74) is 2.51. The average Bonchev–Trinajstić information content (AvgIpc) is 3.51. The molecule has 1 amide bonds. The number of nitrogens with one attached hydrogen (secondary N) is 1. The predicted molar refractivity (Wildman–Crippen MR) is 124 cm³/mol. The maximum atomic E-state index is 12.4. The number of amides is 1. The summed E-state index contributed by atoms with van der Waals surface area (Å²) in [5.74, 6) is 1.28. The zero-order valence-electron chi connectivity index (χ0n) is 18.9. The number of hydrogen-bond acceptors (Lipinski definition) is 5. The van der Waals surface area contributed by atoms with Crippen molar-refractivity contribution in [3.63, 3.8) is 0 Å². The second-order valence-corrected chi connectivity index (χ2v) is 10.6. The van der Waals surface area contributed by atoms with Crippen molar-refractivity contribution in [2.75, 3.05) is 18.9 Å². The molecule has 1 saturated carbocycles. The molecule has 0 spiro atoms. The third-order valence-electron chi connectivity index (χ3n) is 6.25. The van der Waals surface area contributed by atoms with Crippen molar-refractivity contribution in [1.29, 1.82) is 0 Å². The van der Waals surface area contributed by atoms with Gasteiger partial charge in [0.1, 0.15) is 0 Å². The minimum atomic E-state index is 0.0255. The summed E-state index contributed by atoms with van der Waals surface area (Å²) in [4.78, 5) is 12.4. The summed E-state index contributed by atoms with van der Waals surface area (Å²) < 4.78 is 7.86. The minimum absolute atomic E-state index is 0.0255. The molecule has 2 aromatic rings. The summed E-state index contributed by atoms with van der Waals surface area (Å²) in [6, 6.07) is 9.09. The van der Waals surface area contributed by atoms with Gasteiger partial charge < -0.3 is 10.1 Å². The first kappa shape index (κ1) is 22.3. The molecule has 0 bridgehead atoms. The van der Waals surface area contributed by atoms with Crippen LogP contribution in [0.15, 0.2) is 29.4 Å². The average molecular weight is 443 g/mol. The van der Waals surface area contributed by atoms with Crippen LogP contribution in [0.3, 0.4) is 0 Å². The van der Waals surface area contributed by atoms with E-state index in [-0.39, 0.29) is 17.4 Å². The number of aromatic nitrogens is 3. The van der Waals surface area contributed by atoms with Gasteiger partial charge in [-0.1, -0.05) is 69.6 Å². The van der Waals surface area contributed by atoms with Crippen LogP contribution in [0.2, 0.25) is 0 Å². The molecule has 1 aromatic carbocycles. The molecule has 1 atom stereocenters. The molecule has 2 aliphatic rings. The van der Waals surface area contributed by atoms with Gasteiger partial charge in [-0.05, 0) is 36.7 Å². The Morgan fingerprint density at radius 2 is 1.87 bits per heavy atom. The van der Waals surface area contributed by atoms with E-state index in [1.807, 2.05) is 0 Å². The van der Waals surface area contributed by atoms with E-state index < -0.39 is 0 Å². The maximum absolute atomic E-state index is 12.4. The molecule has 2 fully saturated rings. The molecule has 1 unspecified atom stereocenters. The maximum Gasteiger partial charge on any atom is 0.230 e. The van der Waals surface area contributed by atoms with Crippen molar-refractivity contribution in [2.24, 2.45) is 0 Å². The summed E-state index contributed by atoms with van der Waals surface area (Å²) in [7, 11) is 0. The summed E-state index contributed by atoms with van der Waals surface area (Å²) in [6.07, 6.45) is 7.03. The molecule has 2 heterocycles. The third-order valence-corrected chi connectivity index (χ3v) is 7.19. The Morgan fingerprint density at radius 1 is 1.13 bits per heavy atom. The molecule has 1 aliphatic carbocycles. The Balaban J connectivity index is 1.47. The number of carbonyl (C=O) groups excluding carboxylic acids is 1. The van der Waals surface area contributed by atoms with Crippen molar-refractivity contribution < 1.29 is 9.53 Å². The van der Waals surface area contributed by atoms with Gasteiger partial charge in [0.15, 0.2) is 11.0 Å². The van der Waals surface area contributed by atoms with Crippen LogP contribution < -0.4 is 5.32 Å². The first-order chi connectivity index (χ1) is 14.9. The zero-order chi connectivity index (χ0) is 21.8. The van der Waals surface area contributed by atoms with Gasteiger partial charge in [0.05, 0.1) is 11.9 Å². The Morgan fingerprint density at radius 3 is 2.52 bits per heavy atom. The topological polar surface area (TPSA) is 69.0 Å². The monoisotopic (exact) mass is 442 g/mol. The summed E-state index contributed by atoms with van der Waals surface area (Å²) in [6.45, 7) is 8.07. The molecule has 7 heteroatoms. The Bertz CT molecular complexity index is 876. The van der Waals surface area contributed by atoms with E-state index >= 15 is 0 Å². The van der Waals surface area contributed by atoms with Crippen LogP contribution in [0, 0.1) is 0 Å². The fourth-order valence-electron chi connectivity index (χ4n) is 4.40. The fourth-order valence-corrected chi connectivity index (χ4v) is 5.23. The van der Waals surface area contributed by atoms with Crippen LogP contribution in [0.1, 0.15) is 70.9 Å². The van der Waals surface area contributed by atoms with Gasteiger partial charge in [0.2, 0.25) is 5.91 Å². The highest BCUT2D eigenvalue weighted by Crippen LogP contribution is 2.37. The number of benzene rings is 1. The Kier molecular flexibility index (Phi) is 7.02. The van der Waals surface area contributed by atoms with Crippen LogP contribution in [0.5, 0.6) is 0 Å². The number of carbonyl (C=O) groups is 1. The van der Waals surface area contributed by atoms with Gasteiger partial charge in [-0.25, -0.2) is 0 Å². The molecular formula is C24H34N4O2S. The lowest BCUT2D eigenvalue weighted by Gasteiger charge is -2.20. The standard InChI is InChI=1S/C24H34N4O2S/c1-24(2,3)18-12-10-17(11-13-18)22-26-27-23(28(22)19-7-4-5-8-19)31-16-21(29)25-15-20-9-6-14-30-20/h10-13,19-20H,4-9,14-16H2,1-3H3,(H,25,29). The molecule has 1 saturated heterocycles. The quantitative estimate of drug-likeness (QED) is 0.627. The van der Waals surface area contributed by atoms with Gasteiger partial charge >= 0.3 is 0 Å². The molecule has 31 heavy (non-hydrogen) atoms. The number of hydrogen-bond donors (Lipinski definition) is 1. The van der Waals surface area contributed by atoms with Crippen LogP contribution in [-0.4, -0.2) is 45.7 Å². The molecular weight excluding hydrogens is 408 g/mol. The van der Waals surface area contributed by atoms with Gasteiger partial charge in [-0.2, -0.15) is 0 Å². The first-order valence-electron chi connectivity index (χ1n) is 11.5. The van der Waals surface area contributed by atoms with Gasteiger partial charge in [-0.15, -0.1) is 10.2 Å². The highest BCUT2D eigenvalue weighted by molar-refractivity contribution is 7.99. The van der Waals surface area contributed by atoms with Crippen molar-refractivity contribution >= 4 is 17.7 Å². The van der Waals surface area contributed by atoms with Gasteiger partial charge in [-0.3, -0.25) is 9.36 Å². The van der Waals surface area contributed by atoms with E-state index in [9.17, 15) is 4.79 Å². The molecule has 1 aliphatic heterocycles. The van der Waals surface area contributed by atoms with Gasteiger partial charge in [0, 0.05) is 24.8 Å². The molecule has 4 rings (SSSR count). The van der Waals surface area contributed by atoms with E-state index in [1.165, 1.54) is 30.2 Å². The number of rotatable bonds is 7. The second-order valence-electron chi connectivity index (χ2n) is 9.67. The van der Waals surface area contributed by atoms with E-state index in [4.69, 9.17) is 4.74 Å². The minimum Gasteiger partial charge on any atom is -0.376 e. The predicted octanol–water partition coefficient (Wildman–Crippen LogP) is 4.75. The zero-order valence-corrected chi connectivity index (χ0v) is 19.7. The number of nitrogens with zero attached hydrogens (tertiary/aromatic N) is 3. The van der Waals surface area contributed by atoms with Crippen molar-refractivity contribution in [3.05, 3.63) is 29.8 Å². The van der Waals surface area contributed by atoms with E-state index in [1.54, 1.807) is 0 Å². The molecule has 1 aromatic heterocycles. The SMILES string of the molecule is CC(C)(C)c1ccc(-c2nnc(SCC(=O)NCC3CCCO3)n2C2CCCC2)cc1. The number of ether oxygens (including phenoxy) is 1. The van der Waals surface area contributed by atoms with Crippen molar-refractivity contribution in [3.8, 4) is 11.4 Å². The Labute approximate surface area is 189 Å². The van der Waals surface area contributed by atoms with Crippen LogP contribution in [-0.2, 0) is 14.9 Å². The lowest BCUT2D eigenvalue weighted by atomic mass is 9.86. The Hall–Kier alpha value is -1.86. The fraction of sp³-hybridized carbons (Fsp3) is 0.625. The normalized spacial score (nSPS) is 19.8. The lowest BCUT2D eigenvalue weighted by molar-refractivity contribution is -0.119. The number of thioether (sulfide) groups is 1. The van der Waals surface area contributed by atoms with Gasteiger partial charge in [0.25, 0.3) is 0 Å². The molecule has 1 N–H and O–H groups in total. The highest BCUT2D eigenvalue weighted by atomic mass is 32.2. The van der Waals surface area contributed by atoms with Crippen molar-refractivity contribution in [1.82, 2.24) is 20.1 Å².